The van der Waals surface area contributed by atoms with Crippen LogP contribution in [0.3, 0.4) is 0 Å². The lowest BCUT2D eigenvalue weighted by Crippen LogP contribution is -3.15. The Hall–Kier alpha value is -1.70. The molecule has 1 fully saturated rings. The fraction of sp³-hybridized carbons (Fsp3) is 0.467. The minimum Gasteiger partial charge on any atom is -0.494 e. The molecule has 0 spiro atoms. The number of thiazole rings is 1. The standard InChI is InChI=1S/C15H19N3O3S/c1-2-21-11-3-4-12-13(9-11)22-15(16-12)17-14(19)10-18-5-7-20-8-6-18/h3-4,9H,2,5-8,10H2,1H3,(H,16,17,19)/p+1. The van der Waals surface area contributed by atoms with Crippen LogP contribution in [0.4, 0.5) is 5.13 Å². The molecular weight excluding hydrogens is 302 g/mol. The molecule has 0 aliphatic carbocycles. The molecule has 0 saturated carbocycles. The lowest BCUT2D eigenvalue weighted by atomic mass is 10.3. The third-order valence-electron chi connectivity index (χ3n) is 3.53. The van der Waals surface area contributed by atoms with Crippen LogP contribution in [-0.2, 0) is 9.53 Å². The number of amides is 1. The SMILES string of the molecule is CCOc1ccc2nc(NC(=O)C[NH+]3CCOCC3)sc2c1. The van der Waals surface area contributed by atoms with Crippen molar-refractivity contribution in [3.05, 3.63) is 18.2 Å². The van der Waals surface area contributed by atoms with Crippen LogP contribution in [0.25, 0.3) is 10.2 Å². The Bertz CT molecular complexity index is 653. The number of rotatable bonds is 5. The Morgan fingerprint density at radius 2 is 2.27 bits per heavy atom. The molecule has 1 amide bonds. The number of hydrogen-bond donors (Lipinski definition) is 2. The molecule has 1 aliphatic rings. The van der Waals surface area contributed by atoms with Crippen molar-refractivity contribution in [1.82, 2.24) is 4.98 Å². The molecule has 22 heavy (non-hydrogen) atoms. The summed E-state index contributed by atoms with van der Waals surface area (Å²) >= 11 is 1.47. The normalized spacial score (nSPS) is 15.9. The van der Waals surface area contributed by atoms with Gasteiger partial charge in [-0.25, -0.2) is 4.98 Å². The minimum absolute atomic E-state index is 0.000915. The van der Waals surface area contributed by atoms with Gasteiger partial charge in [-0.2, -0.15) is 0 Å². The number of nitrogens with zero attached hydrogens (tertiary/aromatic N) is 1. The van der Waals surface area contributed by atoms with E-state index < -0.39 is 0 Å². The highest BCUT2D eigenvalue weighted by Gasteiger charge is 2.18. The first-order valence-corrected chi connectivity index (χ1v) is 8.31. The second-order valence-electron chi connectivity index (χ2n) is 5.17. The van der Waals surface area contributed by atoms with Gasteiger partial charge in [-0.1, -0.05) is 11.3 Å². The second-order valence-corrected chi connectivity index (χ2v) is 6.20. The average molecular weight is 322 g/mol. The van der Waals surface area contributed by atoms with Crippen molar-refractivity contribution in [2.45, 2.75) is 6.92 Å². The highest BCUT2D eigenvalue weighted by atomic mass is 32.1. The summed E-state index contributed by atoms with van der Waals surface area (Å²) in [7, 11) is 0. The summed E-state index contributed by atoms with van der Waals surface area (Å²) in [6.45, 7) is 6.26. The molecule has 0 unspecified atom stereocenters. The van der Waals surface area contributed by atoms with Crippen molar-refractivity contribution in [3.8, 4) is 5.75 Å². The van der Waals surface area contributed by atoms with Crippen LogP contribution < -0.4 is 15.0 Å². The molecular formula is C15H20N3O3S+. The van der Waals surface area contributed by atoms with E-state index in [1.54, 1.807) is 0 Å². The molecule has 2 aromatic rings. The number of benzene rings is 1. The number of hydrogen-bond acceptors (Lipinski definition) is 5. The third kappa shape index (κ3) is 3.73. The van der Waals surface area contributed by atoms with Gasteiger partial charge in [0.15, 0.2) is 11.7 Å². The zero-order chi connectivity index (χ0) is 15.4. The van der Waals surface area contributed by atoms with Gasteiger partial charge >= 0.3 is 0 Å². The summed E-state index contributed by atoms with van der Waals surface area (Å²) in [4.78, 5) is 17.8. The van der Waals surface area contributed by atoms with Crippen LogP contribution in [0.15, 0.2) is 18.2 Å². The van der Waals surface area contributed by atoms with Crippen LogP contribution in [-0.4, -0.2) is 50.3 Å². The van der Waals surface area contributed by atoms with Crippen LogP contribution in [0.1, 0.15) is 6.92 Å². The summed E-state index contributed by atoms with van der Waals surface area (Å²) in [5, 5.41) is 3.54. The Balaban J connectivity index is 1.64. The summed E-state index contributed by atoms with van der Waals surface area (Å²) in [6, 6.07) is 5.77. The van der Waals surface area contributed by atoms with Crippen LogP contribution in [0.2, 0.25) is 0 Å². The van der Waals surface area contributed by atoms with Gasteiger partial charge in [0.2, 0.25) is 0 Å². The number of morpholine rings is 1. The molecule has 1 aromatic heterocycles. The van der Waals surface area contributed by atoms with E-state index in [1.165, 1.54) is 16.2 Å². The molecule has 2 N–H and O–H groups in total. The zero-order valence-corrected chi connectivity index (χ0v) is 13.4. The van der Waals surface area contributed by atoms with Crippen molar-refractivity contribution in [3.63, 3.8) is 0 Å². The molecule has 1 aliphatic heterocycles. The van der Waals surface area contributed by atoms with Crippen LogP contribution >= 0.6 is 11.3 Å². The maximum absolute atomic E-state index is 12.1. The van der Waals surface area contributed by atoms with Crippen LogP contribution in [0, 0.1) is 0 Å². The highest BCUT2D eigenvalue weighted by molar-refractivity contribution is 7.22. The second kappa shape index (κ2) is 7.04. The van der Waals surface area contributed by atoms with Gasteiger partial charge in [0, 0.05) is 0 Å². The molecule has 118 valence electrons. The van der Waals surface area contributed by atoms with Gasteiger partial charge in [0.25, 0.3) is 5.91 Å². The molecule has 0 bridgehead atoms. The number of nitrogens with one attached hydrogen (secondary N) is 2. The average Bonchev–Trinajstić information content (AvgIpc) is 2.89. The first-order valence-electron chi connectivity index (χ1n) is 7.49. The van der Waals surface area contributed by atoms with Crippen molar-refractivity contribution in [2.75, 3.05) is 44.8 Å². The summed E-state index contributed by atoms with van der Waals surface area (Å²) < 4.78 is 11.8. The Morgan fingerprint density at radius 3 is 3.05 bits per heavy atom. The van der Waals surface area contributed by atoms with Gasteiger partial charge in [-0.15, -0.1) is 0 Å². The monoisotopic (exact) mass is 322 g/mol. The quantitative estimate of drug-likeness (QED) is 0.844. The van der Waals surface area contributed by atoms with Crippen molar-refractivity contribution in [2.24, 2.45) is 0 Å². The fourth-order valence-electron chi connectivity index (χ4n) is 2.44. The van der Waals surface area contributed by atoms with E-state index >= 15 is 0 Å². The van der Waals surface area contributed by atoms with E-state index in [0.717, 1.165) is 42.3 Å². The van der Waals surface area contributed by atoms with Gasteiger partial charge in [0.1, 0.15) is 18.8 Å². The molecule has 1 aromatic carbocycles. The lowest BCUT2D eigenvalue weighted by Gasteiger charge is -2.22. The van der Waals surface area contributed by atoms with E-state index in [-0.39, 0.29) is 5.91 Å². The predicted molar refractivity (Wildman–Crippen MR) is 85.8 cm³/mol. The van der Waals surface area contributed by atoms with E-state index in [0.29, 0.717) is 18.3 Å². The number of carbonyl (C=O) groups is 1. The largest absolute Gasteiger partial charge is 0.494 e. The predicted octanol–water partition coefficient (Wildman–Crippen LogP) is 0.549. The van der Waals surface area contributed by atoms with E-state index in [2.05, 4.69) is 10.3 Å². The first-order chi connectivity index (χ1) is 10.7. The molecule has 3 rings (SSSR count). The smallest absolute Gasteiger partial charge is 0.281 e. The molecule has 7 heteroatoms. The lowest BCUT2D eigenvalue weighted by molar-refractivity contribution is -0.899. The zero-order valence-electron chi connectivity index (χ0n) is 12.6. The topological polar surface area (TPSA) is 64.9 Å². The maximum Gasteiger partial charge on any atom is 0.281 e. The van der Waals surface area contributed by atoms with Gasteiger partial charge < -0.3 is 14.4 Å². The molecule has 0 atom stereocenters. The van der Waals surface area contributed by atoms with Crippen molar-refractivity contribution >= 4 is 32.6 Å². The molecule has 1 saturated heterocycles. The number of quaternary nitrogens is 1. The van der Waals surface area contributed by atoms with Crippen LogP contribution in [0.5, 0.6) is 5.75 Å². The summed E-state index contributed by atoms with van der Waals surface area (Å²) in [6.07, 6.45) is 0. The van der Waals surface area contributed by atoms with Gasteiger partial charge in [0.05, 0.1) is 30.0 Å². The van der Waals surface area contributed by atoms with Crippen molar-refractivity contribution < 1.29 is 19.2 Å². The molecule has 6 nitrogen and oxygen atoms in total. The van der Waals surface area contributed by atoms with E-state index in [1.807, 2.05) is 25.1 Å². The Morgan fingerprint density at radius 1 is 1.45 bits per heavy atom. The molecule has 0 radical (unpaired) electrons. The van der Waals surface area contributed by atoms with Gasteiger partial charge in [-0.05, 0) is 25.1 Å². The summed E-state index contributed by atoms with van der Waals surface area (Å²) in [5.41, 5.74) is 0.877. The maximum atomic E-state index is 12.1. The number of carbonyl (C=O) groups excluding carboxylic acids is 1. The van der Waals surface area contributed by atoms with Gasteiger partial charge in [-0.3, -0.25) is 10.1 Å². The first kappa shape index (κ1) is 15.2. The summed E-state index contributed by atoms with van der Waals surface area (Å²) in [5.74, 6) is 0.829. The highest BCUT2D eigenvalue weighted by Crippen LogP contribution is 2.29. The molecule has 2 heterocycles. The van der Waals surface area contributed by atoms with E-state index in [9.17, 15) is 4.79 Å². The number of fused-ring (bicyclic) bond motifs is 1. The fourth-order valence-corrected chi connectivity index (χ4v) is 3.35. The Kier molecular flexibility index (Phi) is 4.87. The van der Waals surface area contributed by atoms with Crippen molar-refractivity contribution in [1.29, 1.82) is 0 Å². The minimum atomic E-state index is 0.000915. The third-order valence-corrected chi connectivity index (χ3v) is 4.46. The number of aromatic nitrogens is 1. The number of ether oxygens (including phenoxy) is 2. The van der Waals surface area contributed by atoms with E-state index in [4.69, 9.17) is 9.47 Å². The number of anilines is 1. The Labute approximate surface area is 133 Å².